The molecular weight excluding hydrogens is 238 g/mol. The van der Waals surface area contributed by atoms with E-state index in [9.17, 15) is 8.78 Å². The van der Waals surface area contributed by atoms with E-state index < -0.39 is 11.6 Å². The lowest BCUT2D eigenvalue weighted by Gasteiger charge is -2.08. The molecular formula is C12H8F2N4. The summed E-state index contributed by atoms with van der Waals surface area (Å²) in [5, 5.41) is 7.85. The average Bonchev–Trinajstić information content (AvgIpc) is 3.01. The molecule has 90 valence electrons. The van der Waals surface area contributed by atoms with Crippen molar-refractivity contribution in [1.82, 2.24) is 19.6 Å². The number of nitrogens with zero attached hydrogens (tertiary/aromatic N) is 4. The van der Waals surface area contributed by atoms with Gasteiger partial charge in [-0.2, -0.15) is 10.2 Å². The van der Waals surface area contributed by atoms with Crippen LogP contribution in [0.3, 0.4) is 0 Å². The van der Waals surface area contributed by atoms with Crippen LogP contribution in [0.2, 0.25) is 0 Å². The van der Waals surface area contributed by atoms with Gasteiger partial charge in [0.2, 0.25) is 0 Å². The van der Waals surface area contributed by atoms with Crippen LogP contribution in [0, 0.1) is 11.6 Å². The molecule has 3 aromatic rings. The quantitative estimate of drug-likeness (QED) is 0.695. The molecule has 0 atom stereocenters. The lowest BCUT2D eigenvalue weighted by molar-refractivity contribution is 0.565. The molecule has 0 amide bonds. The van der Waals surface area contributed by atoms with E-state index in [1.165, 1.54) is 27.8 Å². The summed E-state index contributed by atoms with van der Waals surface area (Å²) >= 11 is 0. The Morgan fingerprint density at radius 2 is 1.28 bits per heavy atom. The second-order valence-corrected chi connectivity index (χ2v) is 3.66. The minimum absolute atomic E-state index is 0.173. The molecule has 0 radical (unpaired) electrons. The summed E-state index contributed by atoms with van der Waals surface area (Å²) in [5.41, 5.74) is 0.346. The maximum atomic E-state index is 13.7. The van der Waals surface area contributed by atoms with Gasteiger partial charge in [-0.25, -0.2) is 18.1 Å². The Balaban J connectivity index is 2.20. The Morgan fingerprint density at radius 3 is 1.67 bits per heavy atom. The third-order valence-electron chi connectivity index (χ3n) is 2.52. The van der Waals surface area contributed by atoms with Gasteiger partial charge in [0.15, 0.2) is 11.6 Å². The van der Waals surface area contributed by atoms with Crippen molar-refractivity contribution in [3.63, 3.8) is 0 Å². The van der Waals surface area contributed by atoms with E-state index in [1.54, 1.807) is 24.5 Å². The Hall–Kier alpha value is -2.50. The highest BCUT2D eigenvalue weighted by molar-refractivity contribution is 5.45. The molecule has 0 bridgehead atoms. The fourth-order valence-corrected chi connectivity index (χ4v) is 1.70. The molecule has 0 N–H and O–H groups in total. The molecule has 0 aliphatic rings. The molecule has 0 fully saturated rings. The zero-order valence-electron chi connectivity index (χ0n) is 9.16. The van der Waals surface area contributed by atoms with Crippen LogP contribution in [0.1, 0.15) is 0 Å². The van der Waals surface area contributed by atoms with Crippen LogP contribution in [0.15, 0.2) is 49.1 Å². The van der Waals surface area contributed by atoms with Crippen molar-refractivity contribution >= 4 is 0 Å². The van der Waals surface area contributed by atoms with E-state index in [0.29, 0.717) is 0 Å². The van der Waals surface area contributed by atoms with Crippen LogP contribution in [0.5, 0.6) is 0 Å². The standard InChI is InChI=1S/C12H8F2N4/c13-9-7-10(14)12(18-6-2-4-16-18)8-11(9)17-5-1-3-15-17/h1-8H. The number of benzene rings is 1. The SMILES string of the molecule is Fc1cc(F)c(-n2cccn2)cc1-n1cccn1. The molecule has 0 aliphatic heterocycles. The predicted octanol–water partition coefficient (Wildman–Crippen LogP) is 2.34. The summed E-state index contributed by atoms with van der Waals surface area (Å²) in [6.07, 6.45) is 6.22. The smallest absolute Gasteiger partial charge is 0.151 e. The fraction of sp³-hybridized carbons (Fsp3) is 0. The van der Waals surface area contributed by atoms with Crippen molar-refractivity contribution in [1.29, 1.82) is 0 Å². The minimum atomic E-state index is -0.674. The lowest BCUT2D eigenvalue weighted by Crippen LogP contribution is -2.04. The summed E-state index contributed by atoms with van der Waals surface area (Å²) in [5.74, 6) is -1.35. The zero-order valence-corrected chi connectivity index (χ0v) is 9.16. The maximum Gasteiger partial charge on any atom is 0.151 e. The van der Waals surface area contributed by atoms with Crippen molar-refractivity contribution < 1.29 is 8.78 Å². The van der Waals surface area contributed by atoms with Crippen molar-refractivity contribution in [2.45, 2.75) is 0 Å². The van der Waals surface area contributed by atoms with Crippen molar-refractivity contribution in [3.8, 4) is 11.4 Å². The topological polar surface area (TPSA) is 35.6 Å². The van der Waals surface area contributed by atoms with Crippen molar-refractivity contribution in [2.75, 3.05) is 0 Å². The van der Waals surface area contributed by atoms with Gasteiger partial charge in [-0.05, 0) is 18.2 Å². The summed E-state index contributed by atoms with van der Waals surface area (Å²) in [4.78, 5) is 0. The molecule has 0 saturated carbocycles. The molecule has 18 heavy (non-hydrogen) atoms. The summed E-state index contributed by atoms with van der Waals surface area (Å²) < 4.78 is 30.1. The van der Waals surface area contributed by atoms with Gasteiger partial charge in [0.1, 0.15) is 11.4 Å². The molecule has 0 unspecified atom stereocenters. The number of aromatic nitrogens is 4. The summed E-state index contributed by atoms with van der Waals surface area (Å²) in [6.45, 7) is 0. The van der Waals surface area contributed by atoms with E-state index in [4.69, 9.17) is 0 Å². The highest BCUT2D eigenvalue weighted by Gasteiger charge is 2.13. The van der Waals surface area contributed by atoms with Crippen LogP contribution < -0.4 is 0 Å². The van der Waals surface area contributed by atoms with Crippen molar-refractivity contribution in [2.24, 2.45) is 0 Å². The zero-order chi connectivity index (χ0) is 12.5. The summed E-state index contributed by atoms with van der Waals surface area (Å²) in [7, 11) is 0. The molecule has 0 aliphatic carbocycles. The van der Waals surface area contributed by atoms with E-state index in [-0.39, 0.29) is 11.4 Å². The first kappa shape index (κ1) is 10.6. The highest BCUT2D eigenvalue weighted by Crippen LogP contribution is 2.20. The largest absolute Gasteiger partial charge is 0.238 e. The van der Waals surface area contributed by atoms with Gasteiger partial charge in [-0.1, -0.05) is 0 Å². The van der Waals surface area contributed by atoms with E-state index in [0.717, 1.165) is 6.07 Å². The van der Waals surface area contributed by atoms with Gasteiger partial charge < -0.3 is 0 Å². The second-order valence-electron chi connectivity index (χ2n) is 3.66. The van der Waals surface area contributed by atoms with Gasteiger partial charge >= 0.3 is 0 Å². The van der Waals surface area contributed by atoms with Gasteiger partial charge in [0.25, 0.3) is 0 Å². The molecule has 6 heteroatoms. The maximum absolute atomic E-state index is 13.7. The average molecular weight is 246 g/mol. The van der Waals surface area contributed by atoms with Gasteiger partial charge in [0, 0.05) is 30.9 Å². The molecule has 3 rings (SSSR count). The summed E-state index contributed by atoms with van der Waals surface area (Å²) in [6, 6.07) is 5.52. The van der Waals surface area contributed by atoms with E-state index in [1.807, 2.05) is 0 Å². The monoisotopic (exact) mass is 246 g/mol. The molecule has 1 aromatic carbocycles. The van der Waals surface area contributed by atoms with Crippen molar-refractivity contribution in [3.05, 3.63) is 60.7 Å². The number of halogens is 2. The Bertz CT molecular complexity index is 604. The lowest BCUT2D eigenvalue weighted by atomic mass is 10.2. The normalized spacial score (nSPS) is 10.8. The third kappa shape index (κ3) is 1.67. The predicted molar refractivity (Wildman–Crippen MR) is 60.6 cm³/mol. The van der Waals surface area contributed by atoms with Gasteiger partial charge in [-0.3, -0.25) is 0 Å². The Labute approximate surface area is 101 Å². The van der Waals surface area contributed by atoms with Crippen LogP contribution in [0.25, 0.3) is 11.4 Å². The highest BCUT2D eigenvalue weighted by atomic mass is 19.1. The fourth-order valence-electron chi connectivity index (χ4n) is 1.70. The Kier molecular flexibility index (Phi) is 2.40. The minimum Gasteiger partial charge on any atom is -0.238 e. The number of rotatable bonds is 2. The molecule has 0 saturated heterocycles. The van der Waals surface area contributed by atoms with E-state index in [2.05, 4.69) is 10.2 Å². The first-order valence-electron chi connectivity index (χ1n) is 5.25. The molecule has 4 nitrogen and oxygen atoms in total. The van der Waals surface area contributed by atoms with Gasteiger partial charge in [0.05, 0.1) is 0 Å². The number of hydrogen-bond acceptors (Lipinski definition) is 2. The van der Waals surface area contributed by atoms with Crippen LogP contribution in [0.4, 0.5) is 8.78 Å². The van der Waals surface area contributed by atoms with Crippen LogP contribution >= 0.6 is 0 Å². The first-order valence-corrected chi connectivity index (χ1v) is 5.25. The third-order valence-corrected chi connectivity index (χ3v) is 2.52. The van der Waals surface area contributed by atoms with Gasteiger partial charge in [-0.15, -0.1) is 0 Å². The number of hydrogen-bond donors (Lipinski definition) is 0. The van der Waals surface area contributed by atoms with Crippen LogP contribution in [-0.2, 0) is 0 Å². The first-order chi connectivity index (χ1) is 8.75. The molecule has 2 aromatic heterocycles. The van der Waals surface area contributed by atoms with Crippen LogP contribution in [-0.4, -0.2) is 19.6 Å². The second kappa shape index (κ2) is 4.06. The molecule has 0 spiro atoms. The van der Waals surface area contributed by atoms with E-state index >= 15 is 0 Å². The molecule has 2 heterocycles. The Morgan fingerprint density at radius 1 is 0.778 bits per heavy atom.